The molecule has 0 saturated carbocycles. The van der Waals surface area contributed by atoms with Gasteiger partial charge >= 0.3 is 0 Å². The molecular weight excluding hydrogens is 333 g/mol. The number of benzene rings is 1. The second kappa shape index (κ2) is 11.7. The highest BCUT2D eigenvalue weighted by Gasteiger charge is 2.19. The molecular formula is C17H29Cl2N3O. The Kier molecular flexibility index (Phi) is 11.3. The van der Waals surface area contributed by atoms with Gasteiger partial charge in [0, 0.05) is 25.2 Å². The van der Waals surface area contributed by atoms with Gasteiger partial charge in [0.2, 0.25) is 5.91 Å². The molecule has 0 bridgehead atoms. The van der Waals surface area contributed by atoms with E-state index in [1.807, 2.05) is 49.3 Å². The zero-order valence-corrected chi connectivity index (χ0v) is 15.7. The number of halogens is 2. The molecule has 1 amide bonds. The van der Waals surface area contributed by atoms with Gasteiger partial charge in [-0.1, -0.05) is 18.2 Å². The van der Waals surface area contributed by atoms with Gasteiger partial charge < -0.3 is 15.1 Å². The van der Waals surface area contributed by atoms with E-state index in [-0.39, 0.29) is 30.7 Å². The number of nitrogens with zero attached hydrogens (tertiary/aromatic N) is 2. The number of rotatable bonds is 7. The third kappa shape index (κ3) is 7.53. The van der Waals surface area contributed by atoms with Gasteiger partial charge in [0.15, 0.2) is 0 Å². The lowest BCUT2D eigenvalue weighted by atomic mass is 10.0. The lowest BCUT2D eigenvalue weighted by Crippen LogP contribution is -2.36. The van der Waals surface area contributed by atoms with Crippen molar-refractivity contribution in [2.75, 3.05) is 45.2 Å². The summed E-state index contributed by atoms with van der Waals surface area (Å²) < 4.78 is 0. The minimum Gasteiger partial charge on any atom is -0.316 e. The van der Waals surface area contributed by atoms with Crippen molar-refractivity contribution in [1.82, 2.24) is 10.2 Å². The fourth-order valence-electron chi connectivity index (χ4n) is 2.73. The van der Waals surface area contributed by atoms with E-state index in [2.05, 4.69) is 10.2 Å². The molecule has 1 N–H and O–H groups in total. The Bertz CT molecular complexity index is 437. The fraction of sp³-hybridized carbons (Fsp3) is 0.588. The number of nitrogens with one attached hydrogen (secondary N) is 1. The summed E-state index contributed by atoms with van der Waals surface area (Å²) in [5, 5.41) is 3.37. The van der Waals surface area contributed by atoms with E-state index in [0.717, 1.165) is 38.3 Å². The highest BCUT2D eigenvalue weighted by molar-refractivity contribution is 5.93. The first-order valence-corrected chi connectivity index (χ1v) is 7.87. The average molecular weight is 362 g/mol. The Balaban J connectivity index is 0.00000242. The van der Waals surface area contributed by atoms with Gasteiger partial charge in [-0.05, 0) is 58.1 Å². The largest absolute Gasteiger partial charge is 0.316 e. The van der Waals surface area contributed by atoms with Crippen molar-refractivity contribution >= 4 is 36.4 Å². The van der Waals surface area contributed by atoms with Crippen LogP contribution in [-0.4, -0.2) is 51.1 Å². The Morgan fingerprint density at radius 1 is 1.17 bits per heavy atom. The Morgan fingerprint density at radius 2 is 1.87 bits per heavy atom. The van der Waals surface area contributed by atoms with Gasteiger partial charge in [-0.15, -0.1) is 24.8 Å². The van der Waals surface area contributed by atoms with Gasteiger partial charge in [-0.3, -0.25) is 4.79 Å². The van der Waals surface area contributed by atoms with Gasteiger partial charge in [0.1, 0.15) is 0 Å². The molecule has 132 valence electrons. The van der Waals surface area contributed by atoms with Crippen molar-refractivity contribution in [3.63, 3.8) is 0 Å². The van der Waals surface area contributed by atoms with E-state index in [9.17, 15) is 4.79 Å². The minimum atomic E-state index is 0. The lowest BCUT2D eigenvalue weighted by Gasteiger charge is -2.25. The number of hydrogen-bond acceptors (Lipinski definition) is 3. The van der Waals surface area contributed by atoms with Crippen LogP contribution in [0.1, 0.15) is 19.3 Å². The summed E-state index contributed by atoms with van der Waals surface area (Å²) in [7, 11) is 4.08. The molecule has 1 atom stereocenters. The average Bonchev–Trinajstić information content (AvgIpc) is 2.99. The maximum Gasteiger partial charge on any atom is 0.227 e. The molecule has 0 aromatic heterocycles. The molecule has 1 aromatic rings. The molecule has 1 fully saturated rings. The summed E-state index contributed by atoms with van der Waals surface area (Å²) in [4.78, 5) is 16.6. The second-order valence-electron chi connectivity index (χ2n) is 6.08. The number of amides is 1. The third-order valence-corrected chi connectivity index (χ3v) is 4.07. The van der Waals surface area contributed by atoms with Crippen LogP contribution in [0.5, 0.6) is 0 Å². The van der Waals surface area contributed by atoms with Gasteiger partial charge in [-0.25, -0.2) is 0 Å². The quantitative estimate of drug-likeness (QED) is 0.810. The number of anilines is 1. The molecule has 6 heteroatoms. The molecule has 4 nitrogen and oxygen atoms in total. The van der Waals surface area contributed by atoms with Crippen LogP contribution < -0.4 is 10.2 Å². The normalized spacial score (nSPS) is 16.6. The smallest absolute Gasteiger partial charge is 0.227 e. The van der Waals surface area contributed by atoms with E-state index < -0.39 is 0 Å². The highest BCUT2D eigenvalue weighted by atomic mass is 35.5. The van der Waals surface area contributed by atoms with Gasteiger partial charge in [0.05, 0.1) is 0 Å². The van der Waals surface area contributed by atoms with Crippen molar-refractivity contribution in [3.05, 3.63) is 30.3 Å². The molecule has 0 radical (unpaired) electrons. The monoisotopic (exact) mass is 361 g/mol. The number of carbonyl (C=O) groups excluding carboxylic acids is 1. The van der Waals surface area contributed by atoms with Crippen LogP contribution in [0.2, 0.25) is 0 Å². The van der Waals surface area contributed by atoms with Crippen LogP contribution >= 0.6 is 24.8 Å². The maximum absolute atomic E-state index is 12.6. The first-order chi connectivity index (χ1) is 10.2. The van der Waals surface area contributed by atoms with E-state index in [1.165, 1.54) is 6.42 Å². The van der Waals surface area contributed by atoms with Crippen LogP contribution in [-0.2, 0) is 4.79 Å². The standard InChI is InChI=1S/C17H27N3O.2ClH/c1-19(2)12-13-20(16-6-4-3-5-7-16)17(21)9-8-15-10-11-18-14-15;;/h3-7,15,18H,8-14H2,1-2H3;2*1H. The molecule has 0 spiro atoms. The van der Waals surface area contributed by atoms with Crippen LogP contribution in [0.4, 0.5) is 5.69 Å². The zero-order chi connectivity index (χ0) is 15.1. The molecule has 23 heavy (non-hydrogen) atoms. The summed E-state index contributed by atoms with van der Waals surface area (Å²) in [5.74, 6) is 0.912. The summed E-state index contributed by atoms with van der Waals surface area (Å²) in [5.41, 5.74) is 1.01. The molecule has 1 aliphatic heterocycles. The minimum absolute atomic E-state index is 0. The Morgan fingerprint density at radius 3 is 2.43 bits per heavy atom. The molecule has 1 aliphatic rings. The molecule has 2 rings (SSSR count). The molecule has 0 aliphatic carbocycles. The lowest BCUT2D eigenvalue weighted by molar-refractivity contribution is -0.118. The van der Waals surface area contributed by atoms with Crippen molar-refractivity contribution in [3.8, 4) is 0 Å². The fourth-order valence-corrected chi connectivity index (χ4v) is 2.73. The maximum atomic E-state index is 12.6. The van der Waals surface area contributed by atoms with Crippen LogP contribution in [0, 0.1) is 5.92 Å². The SMILES string of the molecule is CN(C)CCN(C(=O)CCC1CCNC1)c1ccccc1.Cl.Cl. The van der Waals surface area contributed by atoms with E-state index in [1.54, 1.807) is 0 Å². The first-order valence-electron chi connectivity index (χ1n) is 7.87. The first kappa shape index (κ1) is 22.2. The number of carbonyl (C=O) groups is 1. The topological polar surface area (TPSA) is 35.6 Å². The van der Waals surface area contributed by atoms with Gasteiger partial charge in [0.25, 0.3) is 0 Å². The third-order valence-electron chi connectivity index (χ3n) is 4.07. The molecule has 1 aromatic carbocycles. The summed E-state index contributed by atoms with van der Waals surface area (Å²) >= 11 is 0. The van der Waals surface area contributed by atoms with Crippen LogP contribution in [0.25, 0.3) is 0 Å². The molecule has 1 unspecified atom stereocenters. The highest BCUT2D eigenvalue weighted by Crippen LogP contribution is 2.19. The van der Waals surface area contributed by atoms with Gasteiger partial charge in [-0.2, -0.15) is 0 Å². The van der Waals surface area contributed by atoms with Crippen molar-refractivity contribution < 1.29 is 4.79 Å². The van der Waals surface area contributed by atoms with Crippen molar-refractivity contribution in [2.24, 2.45) is 5.92 Å². The number of hydrogen-bond donors (Lipinski definition) is 1. The summed E-state index contributed by atoms with van der Waals surface area (Å²) in [6.45, 7) is 3.79. The Labute approximate surface area is 152 Å². The van der Waals surface area contributed by atoms with E-state index in [4.69, 9.17) is 0 Å². The predicted octanol–water partition coefficient (Wildman–Crippen LogP) is 2.81. The molecule has 1 heterocycles. The summed E-state index contributed by atoms with van der Waals surface area (Å²) in [6.07, 6.45) is 2.85. The van der Waals surface area contributed by atoms with E-state index in [0.29, 0.717) is 12.3 Å². The molecule has 1 saturated heterocycles. The summed E-state index contributed by atoms with van der Waals surface area (Å²) in [6, 6.07) is 10.0. The van der Waals surface area contributed by atoms with Crippen molar-refractivity contribution in [1.29, 1.82) is 0 Å². The zero-order valence-electron chi connectivity index (χ0n) is 14.0. The van der Waals surface area contributed by atoms with E-state index >= 15 is 0 Å². The Hall–Kier alpha value is -0.810. The number of para-hydroxylation sites is 1. The number of likely N-dealkylation sites (N-methyl/N-ethyl adjacent to an activating group) is 1. The van der Waals surface area contributed by atoms with Crippen molar-refractivity contribution in [2.45, 2.75) is 19.3 Å². The second-order valence-corrected chi connectivity index (χ2v) is 6.08. The van der Waals surface area contributed by atoms with Crippen LogP contribution in [0.15, 0.2) is 30.3 Å². The van der Waals surface area contributed by atoms with Crippen LogP contribution in [0.3, 0.4) is 0 Å². The predicted molar refractivity (Wildman–Crippen MR) is 102 cm³/mol.